The maximum absolute atomic E-state index is 12.6. The number of hydrogen-bond donors (Lipinski definition) is 2. The molecule has 31 heavy (non-hydrogen) atoms. The van der Waals surface area contributed by atoms with E-state index in [2.05, 4.69) is 42.4 Å². The van der Waals surface area contributed by atoms with Crippen LogP contribution in [-0.4, -0.2) is 61.0 Å². The molecule has 1 aliphatic heterocycles. The Labute approximate surface area is 194 Å². The molecule has 1 atom stereocenters. The Morgan fingerprint density at radius 1 is 1.19 bits per heavy atom. The summed E-state index contributed by atoms with van der Waals surface area (Å²) in [6.45, 7) is 4.92. The zero-order valence-corrected chi connectivity index (χ0v) is 20.3. The maximum Gasteiger partial charge on any atom is 0.322 e. The van der Waals surface area contributed by atoms with Crippen molar-refractivity contribution >= 4 is 49.1 Å². The minimum atomic E-state index is -3.87. The van der Waals surface area contributed by atoms with Crippen LogP contribution in [0.1, 0.15) is 24.4 Å². The highest BCUT2D eigenvalue weighted by Crippen LogP contribution is 2.19. The van der Waals surface area contributed by atoms with Crippen LogP contribution >= 0.6 is 27.3 Å². The Morgan fingerprint density at radius 2 is 1.84 bits per heavy atom. The van der Waals surface area contributed by atoms with Gasteiger partial charge in [-0.25, -0.2) is 4.98 Å². The summed E-state index contributed by atoms with van der Waals surface area (Å²) in [5, 5.41) is 11.9. The summed E-state index contributed by atoms with van der Waals surface area (Å²) >= 11 is 4.78. The lowest BCUT2D eigenvalue weighted by Crippen LogP contribution is -2.55. The van der Waals surface area contributed by atoms with Gasteiger partial charge < -0.3 is 10.0 Å². The molecule has 0 radical (unpaired) electrons. The molecule has 2 aromatic rings. The van der Waals surface area contributed by atoms with Gasteiger partial charge in [0.15, 0.2) is 5.01 Å². The van der Waals surface area contributed by atoms with Gasteiger partial charge in [-0.3, -0.25) is 4.79 Å². The topological polar surface area (TPSA) is 103 Å². The quantitative estimate of drug-likeness (QED) is 0.560. The van der Waals surface area contributed by atoms with E-state index in [-0.39, 0.29) is 19.0 Å². The number of carbonyl (C=O) groups is 1. The fourth-order valence-corrected chi connectivity index (χ4v) is 5.67. The van der Waals surface area contributed by atoms with Crippen LogP contribution in [0.3, 0.4) is 0 Å². The van der Waals surface area contributed by atoms with E-state index in [0.29, 0.717) is 13.1 Å². The summed E-state index contributed by atoms with van der Waals surface area (Å²) in [6.07, 6.45) is 0. The largest absolute Gasteiger partial charge is 0.480 e. The Bertz CT molecular complexity index is 1080. The molecule has 0 spiro atoms. The number of rotatable bonds is 6. The summed E-state index contributed by atoms with van der Waals surface area (Å²) in [4.78, 5) is 17.7. The summed E-state index contributed by atoms with van der Waals surface area (Å²) in [5.41, 5.74) is 1.85. The molecule has 0 unspecified atom stereocenters. The Balaban J connectivity index is 1.59. The molecule has 0 bridgehead atoms. The standard InChI is InChI=1S/C20H23BrN4O4S2/c1-14(2)19(20(26)27)23-31(28,29)25-11-9-24(10-12-25)16-6-3-15(4-7-16)5-8-18-22-17(21)13-30-18/h3-4,6-7,13-14,19,23H,9-12H2,1-2H3,(H,26,27)/t19-/m1/s1. The van der Waals surface area contributed by atoms with Crippen molar-refractivity contribution < 1.29 is 18.3 Å². The Hall–Kier alpha value is -1.97. The average molecular weight is 527 g/mol. The van der Waals surface area contributed by atoms with Gasteiger partial charge in [0.05, 0.1) is 0 Å². The minimum Gasteiger partial charge on any atom is -0.480 e. The van der Waals surface area contributed by atoms with E-state index < -0.39 is 22.2 Å². The number of thiazole rings is 1. The molecule has 1 aromatic heterocycles. The summed E-state index contributed by atoms with van der Waals surface area (Å²) in [5.74, 6) is 4.58. The molecule has 0 amide bonds. The molecule has 2 heterocycles. The second-order valence-corrected chi connectivity index (χ2v) is 10.7. The highest BCUT2D eigenvalue weighted by molar-refractivity contribution is 9.10. The van der Waals surface area contributed by atoms with Crippen molar-refractivity contribution in [3.05, 3.63) is 44.8 Å². The molecule has 8 nitrogen and oxygen atoms in total. The van der Waals surface area contributed by atoms with Crippen LogP contribution in [0, 0.1) is 17.8 Å². The fourth-order valence-electron chi connectivity index (χ4n) is 3.09. The van der Waals surface area contributed by atoms with E-state index in [4.69, 9.17) is 0 Å². The van der Waals surface area contributed by atoms with E-state index in [9.17, 15) is 18.3 Å². The van der Waals surface area contributed by atoms with E-state index in [0.717, 1.165) is 20.9 Å². The smallest absolute Gasteiger partial charge is 0.322 e. The molecule has 1 aromatic carbocycles. The van der Waals surface area contributed by atoms with Crippen LogP contribution < -0.4 is 9.62 Å². The van der Waals surface area contributed by atoms with Crippen LogP contribution in [-0.2, 0) is 15.0 Å². The van der Waals surface area contributed by atoms with Crippen LogP contribution in [0.25, 0.3) is 0 Å². The molecule has 1 saturated heterocycles. The third-order valence-corrected chi connectivity index (χ3v) is 7.87. The van der Waals surface area contributed by atoms with Gasteiger partial charge in [0.25, 0.3) is 10.2 Å². The van der Waals surface area contributed by atoms with Gasteiger partial charge in [-0.1, -0.05) is 19.8 Å². The number of benzene rings is 1. The number of anilines is 1. The average Bonchev–Trinajstić information content (AvgIpc) is 3.16. The fraction of sp³-hybridized carbons (Fsp3) is 0.400. The molecule has 1 aliphatic rings. The van der Waals surface area contributed by atoms with Gasteiger partial charge >= 0.3 is 5.97 Å². The zero-order valence-electron chi connectivity index (χ0n) is 17.1. The molecule has 3 rings (SSSR count). The Kier molecular flexibility index (Phi) is 7.72. The first kappa shape index (κ1) is 23.7. The van der Waals surface area contributed by atoms with Gasteiger partial charge in [-0.15, -0.1) is 11.3 Å². The minimum absolute atomic E-state index is 0.278. The molecule has 11 heteroatoms. The molecule has 0 saturated carbocycles. The van der Waals surface area contributed by atoms with E-state index in [1.807, 2.05) is 29.6 Å². The second kappa shape index (κ2) is 10.1. The first-order valence-corrected chi connectivity index (χ1v) is 12.8. The predicted molar refractivity (Wildman–Crippen MR) is 124 cm³/mol. The number of carboxylic acids is 1. The predicted octanol–water partition coefficient (Wildman–Crippen LogP) is 2.37. The van der Waals surface area contributed by atoms with Gasteiger partial charge in [0.1, 0.15) is 10.6 Å². The molecule has 2 N–H and O–H groups in total. The number of piperazine rings is 1. The van der Waals surface area contributed by atoms with Crippen molar-refractivity contribution in [3.8, 4) is 11.8 Å². The zero-order chi connectivity index (χ0) is 22.6. The van der Waals surface area contributed by atoms with Crippen molar-refractivity contribution in [1.29, 1.82) is 0 Å². The number of aliphatic carboxylic acids is 1. The van der Waals surface area contributed by atoms with Crippen LogP contribution in [0.2, 0.25) is 0 Å². The number of nitrogens with one attached hydrogen (secondary N) is 1. The lowest BCUT2D eigenvalue weighted by molar-refractivity contribution is -0.140. The second-order valence-electron chi connectivity index (χ2n) is 7.34. The van der Waals surface area contributed by atoms with Crippen molar-refractivity contribution in [2.75, 3.05) is 31.1 Å². The van der Waals surface area contributed by atoms with Crippen LogP contribution in [0.15, 0.2) is 34.2 Å². The van der Waals surface area contributed by atoms with E-state index in [1.54, 1.807) is 13.8 Å². The number of hydrogen-bond acceptors (Lipinski definition) is 6. The lowest BCUT2D eigenvalue weighted by Gasteiger charge is -2.36. The van der Waals surface area contributed by atoms with Gasteiger partial charge in [0.2, 0.25) is 0 Å². The van der Waals surface area contributed by atoms with Crippen molar-refractivity contribution in [3.63, 3.8) is 0 Å². The SMILES string of the molecule is CC(C)[C@@H](NS(=O)(=O)N1CCN(c2ccc(C#Cc3nc(Br)cs3)cc2)CC1)C(=O)O. The van der Waals surface area contributed by atoms with Crippen LogP contribution in [0.4, 0.5) is 5.69 Å². The lowest BCUT2D eigenvalue weighted by atomic mass is 10.1. The van der Waals surface area contributed by atoms with Gasteiger partial charge in [-0.2, -0.15) is 17.4 Å². The van der Waals surface area contributed by atoms with Crippen LogP contribution in [0.5, 0.6) is 0 Å². The number of aromatic nitrogens is 1. The monoisotopic (exact) mass is 526 g/mol. The molecule has 166 valence electrons. The first-order valence-electron chi connectivity index (χ1n) is 9.64. The maximum atomic E-state index is 12.6. The van der Waals surface area contributed by atoms with Crippen molar-refractivity contribution in [1.82, 2.24) is 14.0 Å². The summed E-state index contributed by atoms with van der Waals surface area (Å²) in [6, 6.07) is 6.63. The first-order chi connectivity index (χ1) is 14.7. The third kappa shape index (κ3) is 6.27. The number of carboxylic acid groups (broad SMARTS) is 1. The van der Waals surface area contributed by atoms with Gasteiger partial charge in [0, 0.05) is 42.8 Å². The normalized spacial score (nSPS) is 16.1. The molecular weight excluding hydrogens is 504 g/mol. The highest BCUT2D eigenvalue weighted by atomic mass is 79.9. The third-order valence-electron chi connectivity index (χ3n) is 4.81. The van der Waals surface area contributed by atoms with Crippen molar-refractivity contribution in [2.45, 2.75) is 19.9 Å². The summed E-state index contributed by atoms with van der Waals surface area (Å²) < 4.78 is 29.6. The number of halogens is 1. The van der Waals surface area contributed by atoms with E-state index in [1.165, 1.54) is 15.6 Å². The van der Waals surface area contributed by atoms with E-state index >= 15 is 0 Å². The highest BCUT2D eigenvalue weighted by Gasteiger charge is 2.32. The van der Waals surface area contributed by atoms with Gasteiger partial charge in [-0.05, 0) is 52.0 Å². The van der Waals surface area contributed by atoms with Crippen molar-refractivity contribution in [2.24, 2.45) is 5.92 Å². The molecule has 0 aliphatic carbocycles. The Morgan fingerprint density at radius 3 is 2.35 bits per heavy atom. The number of nitrogens with zero attached hydrogens (tertiary/aromatic N) is 3. The summed E-state index contributed by atoms with van der Waals surface area (Å²) in [7, 11) is -3.87. The molecular formula is C20H23BrN4O4S2. The molecule has 1 fully saturated rings.